The normalized spacial score (nSPS) is 20.0. The number of furan rings is 1. The summed E-state index contributed by atoms with van der Waals surface area (Å²) < 4.78 is 16.9. The van der Waals surface area contributed by atoms with Crippen molar-refractivity contribution >= 4 is 39.7 Å². The van der Waals surface area contributed by atoms with E-state index < -0.39 is 17.4 Å². The van der Waals surface area contributed by atoms with E-state index in [0.29, 0.717) is 59.1 Å². The summed E-state index contributed by atoms with van der Waals surface area (Å²) in [7, 11) is 3.11. The molecule has 0 saturated carbocycles. The third-order valence-corrected chi connectivity index (χ3v) is 8.11. The van der Waals surface area contributed by atoms with Crippen LogP contribution in [0.2, 0.25) is 5.22 Å². The predicted octanol–water partition coefficient (Wildman–Crippen LogP) is 2.83. The summed E-state index contributed by atoms with van der Waals surface area (Å²) in [6, 6.07) is 3.36. The number of likely N-dealkylation sites (tertiary alicyclic amines) is 1. The fourth-order valence-corrected chi connectivity index (χ4v) is 6.31. The van der Waals surface area contributed by atoms with Gasteiger partial charge in [0.05, 0.1) is 34.9 Å². The molecule has 0 bridgehead atoms. The van der Waals surface area contributed by atoms with Crippen LogP contribution >= 0.6 is 22.9 Å². The molecule has 1 saturated heterocycles. The zero-order valence-corrected chi connectivity index (χ0v) is 21.6. The molecule has 2 aliphatic heterocycles. The Morgan fingerprint density at radius 3 is 2.64 bits per heavy atom. The molecular weight excluding hydrogens is 506 g/mol. The van der Waals surface area contributed by atoms with Gasteiger partial charge < -0.3 is 18.6 Å². The van der Waals surface area contributed by atoms with Crippen LogP contribution in [0.25, 0.3) is 21.6 Å². The van der Waals surface area contributed by atoms with Gasteiger partial charge in [-0.05, 0) is 37.1 Å². The first kappa shape index (κ1) is 23.3. The van der Waals surface area contributed by atoms with Crippen LogP contribution in [0.4, 0.5) is 0 Å². The van der Waals surface area contributed by atoms with Gasteiger partial charge in [0.2, 0.25) is 5.91 Å². The lowest BCUT2D eigenvalue weighted by atomic mass is 10.1. The highest BCUT2D eigenvalue weighted by molar-refractivity contribution is 7.13. The number of rotatable bonds is 4. The number of thiazole rings is 1. The number of hydrogen-bond acceptors (Lipinski definition) is 7. The van der Waals surface area contributed by atoms with Crippen molar-refractivity contribution in [1.82, 2.24) is 23.6 Å². The van der Waals surface area contributed by atoms with Crippen LogP contribution in [0.1, 0.15) is 36.1 Å². The van der Waals surface area contributed by atoms with E-state index >= 15 is 0 Å². The Balaban J connectivity index is 1.65. The molecule has 2 aliphatic rings. The van der Waals surface area contributed by atoms with E-state index in [2.05, 4.69) is 4.98 Å². The molecule has 10 nitrogen and oxygen atoms in total. The van der Waals surface area contributed by atoms with Crippen molar-refractivity contribution in [2.24, 2.45) is 14.1 Å². The number of halogens is 1. The average molecular weight is 530 g/mol. The lowest BCUT2D eigenvalue weighted by molar-refractivity contribution is -0.131. The topological polar surface area (TPSA) is 105 Å². The molecule has 0 spiro atoms. The second-order valence-corrected chi connectivity index (χ2v) is 10.5. The second-order valence-electron chi connectivity index (χ2n) is 9.29. The number of ether oxygens (including phenoxy) is 1. The maximum absolute atomic E-state index is 13.5. The zero-order valence-electron chi connectivity index (χ0n) is 20.0. The van der Waals surface area contributed by atoms with Gasteiger partial charge in [0, 0.05) is 44.7 Å². The van der Waals surface area contributed by atoms with Crippen LogP contribution in [-0.2, 0) is 30.2 Å². The number of aryl methyl sites for hydroxylation is 2. The zero-order chi connectivity index (χ0) is 25.3. The molecule has 2 atom stereocenters. The molecule has 6 rings (SSSR count). The van der Waals surface area contributed by atoms with Crippen molar-refractivity contribution in [1.29, 1.82) is 0 Å². The molecule has 0 aromatic carbocycles. The Hall–Kier alpha value is -3.15. The van der Waals surface area contributed by atoms with Gasteiger partial charge in [0.15, 0.2) is 11.3 Å². The van der Waals surface area contributed by atoms with Gasteiger partial charge in [0.25, 0.3) is 5.56 Å². The molecule has 0 aliphatic carbocycles. The quantitative estimate of drug-likeness (QED) is 0.402. The molecule has 6 heterocycles. The standard InChI is InChI=1S/C24H24ClN5O5S/c1-12-11-36-22(26-12)19-17-18(27(2)24(33)28(3)23(17)32)20-21(14-6-7-15(25)35-14)34-13(10-30(19)20)9-29-8-4-5-16(29)31/h6-7,11,13,21H,4-5,8-10H2,1-3H3. The van der Waals surface area contributed by atoms with Gasteiger partial charge in [0.1, 0.15) is 10.8 Å². The third kappa shape index (κ3) is 3.48. The minimum absolute atomic E-state index is 0.103. The van der Waals surface area contributed by atoms with Gasteiger partial charge in [-0.2, -0.15) is 0 Å². The summed E-state index contributed by atoms with van der Waals surface area (Å²) in [5.41, 5.74) is 1.72. The maximum atomic E-state index is 13.5. The van der Waals surface area contributed by atoms with Gasteiger partial charge in [-0.25, -0.2) is 9.78 Å². The van der Waals surface area contributed by atoms with Crippen LogP contribution in [0.5, 0.6) is 0 Å². The summed E-state index contributed by atoms with van der Waals surface area (Å²) in [5, 5.41) is 3.20. The Morgan fingerprint density at radius 2 is 2.00 bits per heavy atom. The summed E-state index contributed by atoms with van der Waals surface area (Å²) >= 11 is 7.56. The molecule has 188 valence electrons. The van der Waals surface area contributed by atoms with Crippen LogP contribution in [0.3, 0.4) is 0 Å². The highest BCUT2D eigenvalue weighted by atomic mass is 35.5. The summed E-state index contributed by atoms with van der Waals surface area (Å²) in [6.45, 7) is 3.37. The number of aromatic nitrogens is 4. The van der Waals surface area contributed by atoms with Crippen LogP contribution in [0, 0.1) is 6.92 Å². The average Bonchev–Trinajstić information content (AvgIpc) is 3.63. The Bertz CT molecular complexity index is 1640. The van der Waals surface area contributed by atoms with E-state index in [1.807, 2.05) is 21.8 Å². The van der Waals surface area contributed by atoms with Gasteiger partial charge in [-0.1, -0.05) is 0 Å². The molecule has 12 heteroatoms. The second kappa shape index (κ2) is 8.46. The van der Waals surface area contributed by atoms with Crippen molar-refractivity contribution in [3.05, 3.63) is 60.7 Å². The summed E-state index contributed by atoms with van der Waals surface area (Å²) in [4.78, 5) is 45.4. The van der Waals surface area contributed by atoms with Crippen molar-refractivity contribution in [2.45, 2.75) is 38.5 Å². The molecule has 4 aromatic rings. The Morgan fingerprint density at radius 1 is 1.19 bits per heavy atom. The Kier molecular flexibility index (Phi) is 5.47. The third-order valence-electron chi connectivity index (χ3n) is 6.94. The lowest BCUT2D eigenvalue weighted by Crippen LogP contribution is -2.41. The fraction of sp³-hybridized carbons (Fsp3) is 0.417. The first-order valence-electron chi connectivity index (χ1n) is 11.7. The van der Waals surface area contributed by atoms with Crippen molar-refractivity contribution in [2.75, 3.05) is 13.1 Å². The van der Waals surface area contributed by atoms with E-state index in [-0.39, 0.29) is 17.2 Å². The summed E-state index contributed by atoms with van der Waals surface area (Å²) in [6.07, 6.45) is 0.230. The van der Waals surface area contributed by atoms with E-state index in [1.165, 1.54) is 23.0 Å². The Labute approximate surface area is 214 Å². The molecule has 4 aromatic heterocycles. The maximum Gasteiger partial charge on any atom is 0.331 e. The molecule has 1 amide bonds. The lowest BCUT2D eigenvalue weighted by Gasteiger charge is -2.34. The predicted molar refractivity (Wildman–Crippen MR) is 135 cm³/mol. The highest BCUT2D eigenvalue weighted by Gasteiger charge is 2.39. The van der Waals surface area contributed by atoms with Crippen LogP contribution < -0.4 is 11.2 Å². The van der Waals surface area contributed by atoms with Crippen molar-refractivity contribution in [3.63, 3.8) is 0 Å². The highest BCUT2D eigenvalue weighted by Crippen LogP contribution is 2.43. The van der Waals surface area contributed by atoms with Crippen LogP contribution in [-0.4, -0.2) is 48.7 Å². The largest absolute Gasteiger partial charge is 0.446 e. The summed E-state index contributed by atoms with van der Waals surface area (Å²) in [5.74, 6) is 0.555. The monoisotopic (exact) mass is 529 g/mol. The minimum Gasteiger partial charge on any atom is -0.446 e. The molecule has 0 N–H and O–H groups in total. The van der Waals surface area contributed by atoms with Crippen LogP contribution in [0.15, 0.2) is 31.5 Å². The van der Waals surface area contributed by atoms with E-state index in [0.717, 1.165) is 16.7 Å². The molecule has 0 radical (unpaired) electrons. The van der Waals surface area contributed by atoms with Crippen molar-refractivity contribution in [3.8, 4) is 10.7 Å². The van der Waals surface area contributed by atoms with E-state index in [9.17, 15) is 14.4 Å². The molecular formula is C24H24ClN5O5S. The first-order chi connectivity index (χ1) is 17.2. The number of carbonyl (C=O) groups is 1. The van der Waals surface area contributed by atoms with Gasteiger partial charge in [-0.15, -0.1) is 11.3 Å². The first-order valence-corrected chi connectivity index (χ1v) is 12.9. The molecule has 1 fully saturated rings. The van der Waals surface area contributed by atoms with E-state index in [1.54, 1.807) is 19.2 Å². The number of fused-ring (bicyclic) bond motifs is 3. The number of amides is 1. The van der Waals surface area contributed by atoms with Gasteiger partial charge in [-0.3, -0.25) is 18.7 Å². The van der Waals surface area contributed by atoms with E-state index in [4.69, 9.17) is 20.8 Å². The smallest absolute Gasteiger partial charge is 0.331 e. The van der Waals surface area contributed by atoms with Crippen molar-refractivity contribution < 1.29 is 13.9 Å². The number of hydrogen-bond donors (Lipinski definition) is 0. The van der Waals surface area contributed by atoms with Gasteiger partial charge >= 0.3 is 5.69 Å². The SMILES string of the molecule is Cc1csc(-c2c3c(=O)n(C)c(=O)n(C)c3c3n2CC(CN2CCCC2=O)OC3c2ccc(Cl)o2)n1. The number of carbonyl (C=O) groups excluding carboxylic acids is 1. The number of nitrogens with zero attached hydrogens (tertiary/aromatic N) is 5. The fourth-order valence-electron chi connectivity index (χ4n) is 5.30. The molecule has 36 heavy (non-hydrogen) atoms. The minimum atomic E-state index is -0.746. The molecule has 2 unspecified atom stereocenters.